The van der Waals surface area contributed by atoms with Crippen LogP contribution in [0.25, 0.3) is 0 Å². The smallest absolute Gasteiger partial charge is 0.353 e. The molecule has 2 rings (SSSR count). The molecular weight excluding hydrogens is 392 g/mol. The summed E-state index contributed by atoms with van der Waals surface area (Å²) in [5, 5.41) is 2.83. The average molecular weight is 415 g/mol. The molecule has 0 aromatic carbocycles. The van der Waals surface area contributed by atoms with Gasteiger partial charge < -0.3 is 16.0 Å². The van der Waals surface area contributed by atoms with E-state index in [0.717, 1.165) is 18.7 Å². The number of hydrogen-bond donors (Lipinski definition) is 2. The van der Waals surface area contributed by atoms with Crippen molar-refractivity contribution in [1.82, 2.24) is 10.3 Å². The number of amides is 1. The second-order valence-electron chi connectivity index (χ2n) is 6.38. The fraction of sp³-hybridized carbons (Fsp3) is 0.625. The Kier molecular flexibility index (Phi) is 7.98. The number of hydrogen-bond acceptors (Lipinski definition) is 4. The molecule has 1 aromatic rings. The topological polar surface area (TPSA) is 71.2 Å². The molecule has 1 amide bonds. The lowest BCUT2D eigenvalue weighted by Gasteiger charge is -2.22. The maximum Gasteiger partial charge on any atom is 0.417 e. The summed E-state index contributed by atoms with van der Waals surface area (Å²) in [6.07, 6.45) is -2.26. The first-order valence-corrected chi connectivity index (χ1v) is 8.55. The predicted molar refractivity (Wildman–Crippen MR) is 97.7 cm³/mol. The molecule has 2 heterocycles. The molecule has 1 aromatic heterocycles. The van der Waals surface area contributed by atoms with Gasteiger partial charge in [-0.1, -0.05) is 31.9 Å². The number of halogens is 5. The summed E-state index contributed by atoms with van der Waals surface area (Å²) in [7, 11) is 0. The van der Waals surface area contributed by atoms with Crippen LogP contribution in [-0.2, 0) is 11.0 Å². The Balaban J connectivity index is 0.00000338. The van der Waals surface area contributed by atoms with Crippen LogP contribution in [0.5, 0.6) is 0 Å². The minimum absolute atomic E-state index is 0. The number of aromatic nitrogens is 1. The number of nitrogens with two attached hydrogens (primary N) is 1. The molecule has 0 radical (unpaired) electrons. The predicted octanol–water partition coefficient (Wildman–Crippen LogP) is 3.24. The summed E-state index contributed by atoms with van der Waals surface area (Å²) in [4.78, 5) is 17.8. The van der Waals surface area contributed by atoms with Crippen molar-refractivity contribution < 1.29 is 18.0 Å². The Hall–Kier alpha value is -1.25. The van der Waals surface area contributed by atoms with Gasteiger partial charge in [0.15, 0.2) is 0 Å². The first kappa shape index (κ1) is 22.8. The van der Waals surface area contributed by atoms with E-state index in [-0.39, 0.29) is 41.1 Å². The fourth-order valence-corrected chi connectivity index (χ4v) is 2.98. The Bertz CT molecular complexity index is 630. The molecule has 3 atom stereocenters. The molecule has 0 aliphatic carbocycles. The van der Waals surface area contributed by atoms with Crippen LogP contribution in [0.3, 0.4) is 0 Å². The molecule has 0 bridgehead atoms. The van der Waals surface area contributed by atoms with Crippen molar-refractivity contribution in [2.75, 3.05) is 18.0 Å². The van der Waals surface area contributed by atoms with Gasteiger partial charge in [-0.25, -0.2) is 4.98 Å². The third-order valence-electron chi connectivity index (χ3n) is 4.54. The molecule has 0 saturated carbocycles. The third kappa shape index (κ3) is 5.37. The van der Waals surface area contributed by atoms with Gasteiger partial charge in [0.05, 0.1) is 16.6 Å². The number of pyridine rings is 1. The molecule has 148 valence electrons. The molecular formula is C16H23Cl2F3N4O. The highest BCUT2D eigenvalue weighted by atomic mass is 35.5. The standard InChI is InChI=1S/C16H22ClF3N4O.ClH/c1-3-9(2)13(21)15(25)23-11-4-5-24(8-11)14-12(17)6-10(7-22-14)16(18,19)20;/h6-7,9,11,13H,3-5,8,21H2,1-2H3,(H,23,25);1H. The van der Waals surface area contributed by atoms with E-state index in [2.05, 4.69) is 10.3 Å². The highest BCUT2D eigenvalue weighted by Crippen LogP contribution is 2.34. The number of carbonyl (C=O) groups excluding carboxylic acids is 1. The number of nitrogens with zero attached hydrogens (tertiary/aromatic N) is 2. The molecule has 1 fully saturated rings. The van der Waals surface area contributed by atoms with E-state index in [1.165, 1.54) is 0 Å². The highest BCUT2D eigenvalue weighted by molar-refractivity contribution is 6.33. The highest BCUT2D eigenvalue weighted by Gasteiger charge is 2.33. The van der Waals surface area contributed by atoms with Crippen molar-refractivity contribution >= 4 is 35.7 Å². The van der Waals surface area contributed by atoms with E-state index in [0.29, 0.717) is 19.5 Å². The molecule has 26 heavy (non-hydrogen) atoms. The Morgan fingerprint density at radius 2 is 2.19 bits per heavy atom. The van der Waals surface area contributed by atoms with Crippen molar-refractivity contribution in [3.05, 3.63) is 22.8 Å². The number of nitrogens with one attached hydrogen (secondary N) is 1. The van der Waals surface area contributed by atoms with Crippen LogP contribution >= 0.6 is 24.0 Å². The maximum absolute atomic E-state index is 12.7. The lowest BCUT2D eigenvalue weighted by molar-refractivity contribution is -0.137. The molecule has 1 aliphatic heterocycles. The molecule has 3 N–H and O–H groups in total. The van der Waals surface area contributed by atoms with Crippen LogP contribution in [0.15, 0.2) is 12.3 Å². The first-order valence-electron chi connectivity index (χ1n) is 8.17. The van der Waals surface area contributed by atoms with E-state index >= 15 is 0 Å². The van der Waals surface area contributed by atoms with Crippen LogP contribution in [0, 0.1) is 5.92 Å². The minimum Gasteiger partial charge on any atom is -0.353 e. The maximum atomic E-state index is 12.7. The number of rotatable bonds is 5. The van der Waals surface area contributed by atoms with Crippen LogP contribution < -0.4 is 16.0 Å². The molecule has 1 aliphatic rings. The van der Waals surface area contributed by atoms with Crippen molar-refractivity contribution in [3.8, 4) is 0 Å². The van der Waals surface area contributed by atoms with Crippen molar-refractivity contribution in [3.63, 3.8) is 0 Å². The third-order valence-corrected chi connectivity index (χ3v) is 4.82. The Morgan fingerprint density at radius 1 is 1.54 bits per heavy atom. The average Bonchev–Trinajstić information content (AvgIpc) is 3.00. The van der Waals surface area contributed by atoms with Gasteiger partial charge in [0.1, 0.15) is 5.82 Å². The minimum atomic E-state index is -4.48. The second-order valence-corrected chi connectivity index (χ2v) is 6.79. The summed E-state index contributed by atoms with van der Waals surface area (Å²) in [6, 6.07) is 0.156. The molecule has 0 spiro atoms. The van der Waals surface area contributed by atoms with Crippen LogP contribution in [-0.4, -0.2) is 36.1 Å². The molecule has 10 heteroatoms. The summed E-state index contributed by atoms with van der Waals surface area (Å²) in [5.41, 5.74) is 5.03. The lowest BCUT2D eigenvalue weighted by Crippen LogP contribution is -2.49. The normalized spacial score (nSPS) is 19.7. The van der Waals surface area contributed by atoms with Crippen molar-refractivity contribution in [2.24, 2.45) is 11.7 Å². The van der Waals surface area contributed by atoms with E-state index in [1.807, 2.05) is 13.8 Å². The van der Waals surface area contributed by atoms with Gasteiger partial charge in [0, 0.05) is 25.3 Å². The van der Waals surface area contributed by atoms with Gasteiger partial charge in [-0.2, -0.15) is 13.2 Å². The summed E-state index contributed by atoms with van der Waals surface area (Å²) in [5.74, 6) is 0.147. The zero-order valence-electron chi connectivity index (χ0n) is 14.5. The zero-order valence-corrected chi connectivity index (χ0v) is 16.1. The van der Waals surface area contributed by atoms with Crippen molar-refractivity contribution in [2.45, 2.75) is 44.9 Å². The van der Waals surface area contributed by atoms with Gasteiger partial charge in [0.2, 0.25) is 5.91 Å². The lowest BCUT2D eigenvalue weighted by atomic mass is 9.99. The molecule has 3 unspecified atom stereocenters. The van der Waals surface area contributed by atoms with Gasteiger partial charge in [-0.15, -0.1) is 12.4 Å². The van der Waals surface area contributed by atoms with Crippen LogP contribution in [0.1, 0.15) is 32.3 Å². The fourth-order valence-electron chi connectivity index (χ4n) is 2.70. The van der Waals surface area contributed by atoms with E-state index in [9.17, 15) is 18.0 Å². The monoisotopic (exact) mass is 414 g/mol. The van der Waals surface area contributed by atoms with Crippen LogP contribution in [0.2, 0.25) is 5.02 Å². The van der Waals surface area contributed by atoms with E-state index in [4.69, 9.17) is 17.3 Å². The van der Waals surface area contributed by atoms with Gasteiger partial charge >= 0.3 is 6.18 Å². The Labute approximate surface area is 161 Å². The number of carbonyl (C=O) groups is 1. The largest absolute Gasteiger partial charge is 0.417 e. The summed E-state index contributed by atoms with van der Waals surface area (Å²) >= 11 is 5.97. The summed E-state index contributed by atoms with van der Waals surface area (Å²) in [6.45, 7) is 4.85. The van der Waals surface area contributed by atoms with Crippen molar-refractivity contribution in [1.29, 1.82) is 0 Å². The first-order chi connectivity index (χ1) is 11.6. The van der Waals surface area contributed by atoms with E-state index < -0.39 is 17.8 Å². The number of alkyl halides is 3. The van der Waals surface area contributed by atoms with Gasteiger partial charge in [-0.05, 0) is 18.4 Å². The molecule has 1 saturated heterocycles. The molecule has 5 nitrogen and oxygen atoms in total. The zero-order chi connectivity index (χ0) is 18.8. The van der Waals surface area contributed by atoms with Gasteiger partial charge in [0.25, 0.3) is 0 Å². The quantitative estimate of drug-likeness (QED) is 0.775. The Morgan fingerprint density at radius 3 is 2.73 bits per heavy atom. The number of anilines is 1. The van der Waals surface area contributed by atoms with E-state index in [1.54, 1.807) is 4.90 Å². The summed E-state index contributed by atoms with van der Waals surface area (Å²) < 4.78 is 38.0. The second kappa shape index (κ2) is 9.10. The van der Waals surface area contributed by atoms with Crippen LogP contribution in [0.4, 0.5) is 19.0 Å². The SMILES string of the molecule is CCC(C)C(N)C(=O)NC1CCN(c2ncc(C(F)(F)F)cc2Cl)C1.Cl. The van der Waals surface area contributed by atoms with Gasteiger partial charge in [-0.3, -0.25) is 4.79 Å².